The number of ether oxygens (including phenoxy) is 1. The number of rotatable bonds is 4. The molecule has 0 aromatic heterocycles. The van der Waals surface area contributed by atoms with Crippen molar-refractivity contribution in [2.45, 2.75) is 0 Å². The van der Waals surface area contributed by atoms with Gasteiger partial charge in [-0.3, -0.25) is 0 Å². The van der Waals surface area contributed by atoms with Gasteiger partial charge in [0, 0.05) is 29.6 Å². The average Bonchev–Trinajstić information content (AvgIpc) is 2.19. The summed E-state index contributed by atoms with van der Waals surface area (Å²) in [7, 11) is -3.80. The molecule has 8 heteroatoms. The zero-order chi connectivity index (χ0) is 11.6. The Morgan fingerprint density at radius 1 is 1.19 bits per heavy atom. The second kappa shape index (κ2) is 11.7. The van der Waals surface area contributed by atoms with Crippen LogP contribution in [0.4, 0.5) is 0 Å². The molecule has 0 aliphatic carbocycles. The first-order valence-electron chi connectivity index (χ1n) is 4.12. The molecule has 1 aliphatic heterocycles. The van der Waals surface area contributed by atoms with Crippen LogP contribution in [0, 0.1) is 0 Å². The van der Waals surface area contributed by atoms with Gasteiger partial charge in [-0.2, -0.15) is 8.42 Å². The quantitative estimate of drug-likeness (QED) is 0.312. The summed E-state index contributed by atoms with van der Waals surface area (Å²) < 4.78 is 32.9. The average molecular weight is 261 g/mol. The van der Waals surface area contributed by atoms with E-state index in [2.05, 4.69) is 26.6 Å². The predicted molar refractivity (Wildman–Crippen MR) is 58.9 cm³/mol. The Kier molecular flexibility index (Phi) is 13.7. The fraction of sp³-hybridized carbons (Fsp3) is 0.500. The first kappa shape index (κ1) is 18.6. The fourth-order valence-corrected chi connectivity index (χ4v) is 1.01. The molecule has 0 saturated carbocycles. The maximum Gasteiger partial charge on any atom is 0.426 e. The van der Waals surface area contributed by atoms with Crippen molar-refractivity contribution in [3.63, 3.8) is 0 Å². The van der Waals surface area contributed by atoms with Crippen LogP contribution in [0.15, 0.2) is 25.3 Å². The molecule has 0 bridgehead atoms. The first-order chi connectivity index (χ1) is 7.12. The summed E-state index contributed by atoms with van der Waals surface area (Å²) in [6.45, 7) is 8.36. The van der Waals surface area contributed by atoms with Crippen molar-refractivity contribution in [3.05, 3.63) is 25.3 Å². The van der Waals surface area contributed by atoms with Gasteiger partial charge in [0.15, 0.2) is 0 Å². The Morgan fingerprint density at radius 3 is 2.00 bits per heavy atom. The molecule has 1 radical (unpaired) electrons. The number of hydrogen-bond acceptors (Lipinski definition) is 6. The van der Waals surface area contributed by atoms with Gasteiger partial charge in [0.25, 0.3) is 0 Å². The summed E-state index contributed by atoms with van der Waals surface area (Å²) in [5.41, 5.74) is 0. The zero-order valence-corrected chi connectivity index (χ0v) is 12.1. The van der Waals surface area contributed by atoms with Gasteiger partial charge in [-0.05, 0) is 0 Å². The van der Waals surface area contributed by atoms with Gasteiger partial charge >= 0.3 is 10.4 Å². The molecular weight excluding hydrogens is 247 g/mol. The minimum atomic E-state index is -3.80. The van der Waals surface area contributed by atoms with E-state index in [1.807, 2.05) is 0 Å². The van der Waals surface area contributed by atoms with E-state index < -0.39 is 10.4 Å². The standard InChI is InChI=1S/C6H10O.C2H4O5S.Na/c1-3-5-7-6-4-2;3-8(4)6-2-1-5-7-8;/h3-4H,1-2,5-6H2;1-2H2;. The second-order valence-electron chi connectivity index (χ2n) is 2.24. The molecule has 0 N–H and O–H groups in total. The summed E-state index contributed by atoms with van der Waals surface area (Å²) in [5, 5.41) is 0. The van der Waals surface area contributed by atoms with E-state index >= 15 is 0 Å². The molecule has 0 atom stereocenters. The van der Waals surface area contributed by atoms with Gasteiger partial charge in [-0.25, -0.2) is 9.07 Å². The maximum atomic E-state index is 10.1. The Labute approximate surface area is 118 Å². The zero-order valence-electron chi connectivity index (χ0n) is 9.26. The fourth-order valence-electron chi connectivity index (χ4n) is 0.517. The topological polar surface area (TPSA) is 71.1 Å². The van der Waals surface area contributed by atoms with Crippen LogP contribution in [0.3, 0.4) is 0 Å². The molecule has 1 fully saturated rings. The van der Waals surface area contributed by atoms with Crippen LogP contribution in [0.2, 0.25) is 0 Å². The molecular formula is C8H14NaO6S. The smallest absolute Gasteiger partial charge is 0.373 e. The van der Waals surface area contributed by atoms with Gasteiger partial charge in [-0.15, -0.1) is 13.2 Å². The van der Waals surface area contributed by atoms with Gasteiger partial charge in [0.1, 0.15) is 6.61 Å². The largest absolute Gasteiger partial charge is 0.426 e. The Bertz CT molecular complexity index is 256. The predicted octanol–water partition coefficient (Wildman–Crippen LogP) is 0.204. The maximum absolute atomic E-state index is 10.1. The van der Waals surface area contributed by atoms with Crippen molar-refractivity contribution in [1.82, 2.24) is 0 Å². The van der Waals surface area contributed by atoms with Gasteiger partial charge in [-0.1, -0.05) is 16.5 Å². The molecule has 0 aromatic rings. The molecule has 1 aliphatic rings. The molecule has 1 heterocycles. The van der Waals surface area contributed by atoms with E-state index in [1.54, 1.807) is 12.2 Å². The molecule has 0 amide bonds. The van der Waals surface area contributed by atoms with Crippen molar-refractivity contribution in [2.24, 2.45) is 0 Å². The van der Waals surface area contributed by atoms with Crippen LogP contribution in [0.5, 0.6) is 0 Å². The monoisotopic (exact) mass is 261 g/mol. The van der Waals surface area contributed by atoms with Crippen LogP contribution >= 0.6 is 0 Å². The van der Waals surface area contributed by atoms with Crippen molar-refractivity contribution >= 4 is 40.0 Å². The third-order valence-corrected chi connectivity index (χ3v) is 1.72. The molecule has 1 rings (SSSR count). The molecule has 0 spiro atoms. The van der Waals surface area contributed by atoms with Gasteiger partial charge in [0.05, 0.1) is 19.8 Å². The molecule has 0 aromatic carbocycles. The summed E-state index contributed by atoms with van der Waals surface area (Å²) in [5.74, 6) is 0. The van der Waals surface area contributed by atoms with E-state index in [-0.39, 0.29) is 42.8 Å². The Balaban J connectivity index is 0. The first-order valence-corrected chi connectivity index (χ1v) is 5.45. The summed E-state index contributed by atoms with van der Waals surface area (Å²) >= 11 is 0. The minimum absolute atomic E-state index is 0. The van der Waals surface area contributed by atoms with E-state index in [1.165, 1.54) is 0 Å². The second-order valence-corrected chi connectivity index (χ2v) is 3.42. The Morgan fingerprint density at radius 2 is 1.75 bits per heavy atom. The van der Waals surface area contributed by atoms with Gasteiger partial charge in [0.2, 0.25) is 0 Å². The third-order valence-electron chi connectivity index (χ3n) is 0.997. The van der Waals surface area contributed by atoms with Crippen molar-refractivity contribution in [1.29, 1.82) is 0 Å². The van der Waals surface area contributed by atoms with Crippen LogP contribution < -0.4 is 0 Å². The molecule has 1 saturated heterocycles. The van der Waals surface area contributed by atoms with E-state index in [0.717, 1.165) is 0 Å². The van der Waals surface area contributed by atoms with Crippen LogP contribution in [-0.2, 0) is 28.5 Å². The summed E-state index contributed by atoms with van der Waals surface area (Å²) in [6.07, 6.45) is 3.42. The number of hydrogen-bond donors (Lipinski definition) is 0. The third kappa shape index (κ3) is 12.3. The van der Waals surface area contributed by atoms with Crippen LogP contribution in [0.1, 0.15) is 0 Å². The van der Waals surface area contributed by atoms with E-state index in [9.17, 15) is 8.42 Å². The molecule has 89 valence electrons. The van der Waals surface area contributed by atoms with Crippen LogP contribution in [0.25, 0.3) is 0 Å². The van der Waals surface area contributed by atoms with Crippen molar-refractivity contribution in [3.8, 4) is 0 Å². The summed E-state index contributed by atoms with van der Waals surface area (Å²) in [6, 6.07) is 0. The Hall–Kier alpha value is 0.270. The van der Waals surface area contributed by atoms with Crippen LogP contribution in [-0.4, -0.2) is 64.4 Å². The van der Waals surface area contributed by atoms with Crippen molar-refractivity contribution < 1.29 is 26.6 Å². The minimum Gasteiger partial charge on any atom is -0.373 e. The molecule has 0 unspecified atom stereocenters. The van der Waals surface area contributed by atoms with Crippen molar-refractivity contribution in [2.75, 3.05) is 26.4 Å². The summed E-state index contributed by atoms with van der Waals surface area (Å²) in [4.78, 5) is 4.07. The molecule has 6 nitrogen and oxygen atoms in total. The van der Waals surface area contributed by atoms with E-state index in [4.69, 9.17) is 4.74 Å². The SMILES string of the molecule is C=CCOCC=C.O=S1(=O)OCCOO1.[Na]. The van der Waals surface area contributed by atoms with E-state index in [0.29, 0.717) is 13.2 Å². The molecule has 16 heavy (non-hydrogen) atoms. The van der Waals surface area contributed by atoms with Gasteiger partial charge < -0.3 is 4.74 Å². The normalized spacial score (nSPS) is 17.2.